The maximum atomic E-state index is 13.4. The van der Waals surface area contributed by atoms with E-state index in [1.54, 1.807) is 0 Å². The van der Waals surface area contributed by atoms with Crippen molar-refractivity contribution < 1.29 is 19.0 Å². The van der Waals surface area contributed by atoms with Gasteiger partial charge in [-0.25, -0.2) is 9.18 Å². The lowest BCUT2D eigenvalue weighted by Gasteiger charge is -2.24. The number of carboxylic acids is 1. The number of carbonyl (C=O) groups is 1. The number of rotatable bonds is 2. The van der Waals surface area contributed by atoms with Gasteiger partial charge in [-0.05, 0) is 23.6 Å². The van der Waals surface area contributed by atoms with Crippen LogP contribution in [0.3, 0.4) is 0 Å². The highest BCUT2D eigenvalue weighted by atomic mass is 35.5. The largest absolute Gasteiger partial charge is 0.479 e. The second kappa shape index (κ2) is 4.39. The van der Waals surface area contributed by atoms with E-state index in [9.17, 15) is 9.18 Å². The number of fused-ring (bicyclic) bond motifs is 1. The second-order valence-electron chi connectivity index (χ2n) is 3.57. The molecule has 0 saturated carbocycles. The van der Waals surface area contributed by atoms with Crippen LogP contribution < -0.4 is 0 Å². The van der Waals surface area contributed by atoms with Crippen molar-refractivity contribution in [3.63, 3.8) is 0 Å². The van der Waals surface area contributed by atoms with Crippen LogP contribution in [0.4, 0.5) is 4.39 Å². The molecule has 0 fully saturated rings. The summed E-state index contributed by atoms with van der Waals surface area (Å²) in [4.78, 5) is 10.9. The summed E-state index contributed by atoms with van der Waals surface area (Å²) in [6, 6.07) is 2.69. The van der Waals surface area contributed by atoms with Gasteiger partial charge in [0.15, 0.2) is 6.10 Å². The molecule has 0 amide bonds. The molecule has 0 aromatic heterocycles. The van der Waals surface area contributed by atoms with E-state index in [0.29, 0.717) is 23.1 Å². The lowest BCUT2D eigenvalue weighted by atomic mass is 9.93. The summed E-state index contributed by atoms with van der Waals surface area (Å²) in [6.07, 6.45) is -0.509. The topological polar surface area (TPSA) is 46.5 Å². The van der Waals surface area contributed by atoms with E-state index in [1.807, 2.05) is 0 Å². The third-order valence-corrected chi connectivity index (χ3v) is 2.95. The van der Waals surface area contributed by atoms with Crippen LogP contribution in [0.1, 0.15) is 22.8 Å². The Kier molecular flexibility index (Phi) is 3.12. The number of hydrogen-bond acceptors (Lipinski definition) is 2. The summed E-state index contributed by atoms with van der Waals surface area (Å²) in [7, 11) is 0. The maximum absolute atomic E-state index is 13.4. The second-order valence-corrected chi connectivity index (χ2v) is 3.83. The van der Waals surface area contributed by atoms with Gasteiger partial charge in [0.1, 0.15) is 5.82 Å². The predicted octanol–water partition coefficient (Wildman–Crippen LogP) is 2.26. The highest BCUT2D eigenvalue weighted by Crippen LogP contribution is 2.31. The van der Waals surface area contributed by atoms with Gasteiger partial charge in [-0.3, -0.25) is 0 Å². The SMILES string of the molecule is O=C(O)C1OCCc2c1ccc(F)c2CCl. The van der Waals surface area contributed by atoms with Crippen LogP contribution >= 0.6 is 11.6 Å². The molecule has 86 valence electrons. The standard InChI is InChI=1S/C11H10ClFO3/c12-5-8-6-3-4-16-10(11(14)15)7(6)1-2-9(8)13/h1-2,10H,3-5H2,(H,14,15). The van der Waals surface area contributed by atoms with Gasteiger partial charge in [-0.15, -0.1) is 11.6 Å². The fraction of sp³-hybridized carbons (Fsp3) is 0.364. The zero-order valence-corrected chi connectivity index (χ0v) is 9.13. The molecule has 0 radical (unpaired) electrons. The number of carboxylic acid groups (broad SMARTS) is 1. The Balaban J connectivity index is 2.55. The minimum Gasteiger partial charge on any atom is -0.479 e. The van der Waals surface area contributed by atoms with Crippen molar-refractivity contribution >= 4 is 17.6 Å². The van der Waals surface area contributed by atoms with Crippen molar-refractivity contribution in [2.75, 3.05) is 6.61 Å². The van der Waals surface area contributed by atoms with Crippen molar-refractivity contribution in [2.24, 2.45) is 0 Å². The lowest BCUT2D eigenvalue weighted by molar-refractivity contribution is -0.151. The van der Waals surface area contributed by atoms with E-state index in [4.69, 9.17) is 21.4 Å². The summed E-state index contributed by atoms with van der Waals surface area (Å²) >= 11 is 5.67. The molecule has 1 atom stereocenters. The number of aliphatic carboxylic acids is 1. The minimum absolute atomic E-state index is 0.0430. The van der Waals surface area contributed by atoms with Crippen LogP contribution in [0.25, 0.3) is 0 Å². The molecule has 2 rings (SSSR count). The maximum Gasteiger partial charge on any atom is 0.337 e. The summed E-state index contributed by atoms with van der Waals surface area (Å²) in [5, 5.41) is 8.97. The lowest BCUT2D eigenvalue weighted by Crippen LogP contribution is -2.24. The summed E-state index contributed by atoms with van der Waals surface area (Å²) in [5.74, 6) is -1.41. The number of hydrogen-bond donors (Lipinski definition) is 1. The van der Waals surface area contributed by atoms with Gasteiger partial charge in [0, 0.05) is 5.56 Å². The molecule has 0 aliphatic carbocycles. The van der Waals surface area contributed by atoms with E-state index < -0.39 is 12.1 Å². The Bertz CT molecular complexity index is 433. The van der Waals surface area contributed by atoms with Gasteiger partial charge >= 0.3 is 5.97 Å². The van der Waals surface area contributed by atoms with Gasteiger partial charge in [0.05, 0.1) is 12.5 Å². The molecule has 1 aliphatic rings. The molecule has 16 heavy (non-hydrogen) atoms. The molecule has 1 heterocycles. The highest BCUT2D eigenvalue weighted by molar-refractivity contribution is 6.17. The van der Waals surface area contributed by atoms with E-state index >= 15 is 0 Å². The fourth-order valence-corrected chi connectivity index (χ4v) is 2.23. The number of alkyl halides is 1. The van der Waals surface area contributed by atoms with Crippen LogP contribution in [-0.4, -0.2) is 17.7 Å². The first kappa shape index (κ1) is 11.4. The molecule has 1 N–H and O–H groups in total. The molecular formula is C11H10ClFO3. The van der Waals surface area contributed by atoms with Crippen LogP contribution in [0.5, 0.6) is 0 Å². The van der Waals surface area contributed by atoms with Gasteiger partial charge < -0.3 is 9.84 Å². The number of halogens is 2. The first-order valence-corrected chi connectivity index (χ1v) is 5.39. The van der Waals surface area contributed by atoms with Crippen molar-refractivity contribution in [3.8, 4) is 0 Å². The van der Waals surface area contributed by atoms with Crippen LogP contribution in [0.15, 0.2) is 12.1 Å². The number of benzene rings is 1. The molecule has 5 heteroatoms. The predicted molar refractivity (Wildman–Crippen MR) is 56.0 cm³/mol. The van der Waals surface area contributed by atoms with Crippen LogP contribution in [-0.2, 0) is 21.8 Å². The molecule has 3 nitrogen and oxygen atoms in total. The third-order valence-electron chi connectivity index (χ3n) is 2.69. The Morgan fingerprint density at radius 3 is 3.00 bits per heavy atom. The average Bonchev–Trinajstić information content (AvgIpc) is 2.27. The van der Waals surface area contributed by atoms with Gasteiger partial charge in [0.25, 0.3) is 0 Å². The van der Waals surface area contributed by atoms with E-state index in [2.05, 4.69) is 0 Å². The molecule has 1 aliphatic heterocycles. The van der Waals surface area contributed by atoms with Crippen molar-refractivity contribution in [2.45, 2.75) is 18.4 Å². The average molecular weight is 245 g/mol. The number of ether oxygens (including phenoxy) is 1. The van der Waals surface area contributed by atoms with Gasteiger partial charge in [-0.1, -0.05) is 6.07 Å². The molecular weight excluding hydrogens is 235 g/mol. The fourth-order valence-electron chi connectivity index (χ4n) is 1.94. The summed E-state index contributed by atoms with van der Waals surface area (Å²) in [5.41, 5.74) is 1.57. The van der Waals surface area contributed by atoms with Crippen LogP contribution in [0, 0.1) is 5.82 Å². The molecule has 0 spiro atoms. The minimum atomic E-state index is -1.06. The van der Waals surface area contributed by atoms with Crippen LogP contribution in [0.2, 0.25) is 0 Å². The molecule has 1 aromatic carbocycles. The van der Waals surface area contributed by atoms with Crippen molar-refractivity contribution in [1.29, 1.82) is 0 Å². The van der Waals surface area contributed by atoms with E-state index in [-0.39, 0.29) is 18.3 Å². The normalized spacial score (nSPS) is 19.2. The first-order chi connectivity index (χ1) is 7.65. The first-order valence-electron chi connectivity index (χ1n) is 4.85. The van der Waals surface area contributed by atoms with Crippen molar-refractivity contribution in [3.05, 3.63) is 34.6 Å². The molecule has 0 bridgehead atoms. The molecule has 1 unspecified atom stereocenters. The van der Waals surface area contributed by atoms with E-state index in [0.717, 1.165) is 0 Å². The summed E-state index contributed by atoms with van der Waals surface area (Å²) < 4.78 is 18.6. The van der Waals surface area contributed by atoms with Gasteiger partial charge in [-0.2, -0.15) is 0 Å². The third kappa shape index (κ3) is 1.79. The smallest absolute Gasteiger partial charge is 0.337 e. The quantitative estimate of drug-likeness (QED) is 0.812. The monoisotopic (exact) mass is 244 g/mol. The Morgan fingerprint density at radius 1 is 1.62 bits per heavy atom. The zero-order chi connectivity index (χ0) is 11.7. The zero-order valence-electron chi connectivity index (χ0n) is 8.37. The van der Waals surface area contributed by atoms with Crippen molar-refractivity contribution in [1.82, 2.24) is 0 Å². The summed E-state index contributed by atoms with van der Waals surface area (Å²) in [6.45, 7) is 0.275. The Labute approximate surface area is 96.8 Å². The highest BCUT2D eigenvalue weighted by Gasteiger charge is 2.29. The Morgan fingerprint density at radius 2 is 2.38 bits per heavy atom. The molecule has 1 aromatic rings. The van der Waals surface area contributed by atoms with Gasteiger partial charge in [0.2, 0.25) is 0 Å². The Hall–Kier alpha value is -1.13. The molecule has 0 saturated heterocycles. The van der Waals surface area contributed by atoms with E-state index in [1.165, 1.54) is 12.1 Å².